The molecule has 0 aliphatic heterocycles. The largest absolute Gasteiger partial charge is 0.488 e. The van der Waals surface area contributed by atoms with E-state index in [1.165, 1.54) is 33.1 Å². The summed E-state index contributed by atoms with van der Waals surface area (Å²) in [6.45, 7) is 5.08. The van der Waals surface area contributed by atoms with Crippen molar-refractivity contribution in [1.82, 2.24) is 0 Å². The first-order valence-corrected chi connectivity index (χ1v) is 17.1. The second-order valence-electron chi connectivity index (χ2n) is 12.1. The van der Waals surface area contributed by atoms with Crippen molar-refractivity contribution in [2.75, 3.05) is 19.0 Å². The molecule has 4 heteroatoms. The average Bonchev–Trinajstić information content (AvgIpc) is 3.06. The molecule has 0 fully saturated rings. The van der Waals surface area contributed by atoms with E-state index in [1.54, 1.807) is 12.1 Å². The first-order chi connectivity index (χ1) is 21.9. The number of halogens is 1. The molecular weight excluding hydrogens is 572 g/mol. The molecule has 0 bridgehead atoms. The van der Waals surface area contributed by atoms with Crippen LogP contribution in [-0.4, -0.2) is 14.1 Å². The third kappa shape index (κ3) is 8.21. The molecule has 0 heterocycles. The average molecular weight is 618 g/mol. The van der Waals surface area contributed by atoms with Gasteiger partial charge in [-0.1, -0.05) is 132 Å². The van der Waals surface area contributed by atoms with Crippen molar-refractivity contribution in [3.63, 3.8) is 0 Å². The molecule has 45 heavy (non-hydrogen) atoms. The number of hydrogen-bond donors (Lipinski definition) is 0. The summed E-state index contributed by atoms with van der Waals surface area (Å²) < 4.78 is 21.4. The van der Waals surface area contributed by atoms with Gasteiger partial charge in [0.25, 0.3) is 0 Å². The van der Waals surface area contributed by atoms with Crippen LogP contribution in [0.15, 0.2) is 121 Å². The SMILES string of the molecule is CCCC(CC)(Pc1ccc(F)cc1N(C)C)c1cc(Cc2ccccc2)cc(Cc2ccccc2)c1OCc1ccccc1. The van der Waals surface area contributed by atoms with Gasteiger partial charge in [0.05, 0.1) is 0 Å². The van der Waals surface area contributed by atoms with E-state index in [0.29, 0.717) is 15.2 Å². The maximum absolute atomic E-state index is 14.5. The lowest BCUT2D eigenvalue weighted by molar-refractivity contribution is 0.295. The number of anilines is 1. The first kappa shape index (κ1) is 32.5. The van der Waals surface area contributed by atoms with Gasteiger partial charge < -0.3 is 9.64 Å². The fraction of sp³-hybridized carbons (Fsp3) is 0.268. The van der Waals surface area contributed by atoms with Crippen molar-refractivity contribution < 1.29 is 9.13 Å². The van der Waals surface area contributed by atoms with E-state index in [1.807, 2.05) is 31.1 Å². The second kappa shape index (κ2) is 15.4. The van der Waals surface area contributed by atoms with Crippen LogP contribution < -0.4 is 14.9 Å². The summed E-state index contributed by atoms with van der Waals surface area (Å²) in [6.07, 6.45) is 4.63. The van der Waals surface area contributed by atoms with E-state index in [0.717, 1.165) is 49.1 Å². The topological polar surface area (TPSA) is 12.5 Å². The molecule has 0 aromatic heterocycles. The molecule has 2 atom stereocenters. The molecule has 0 radical (unpaired) electrons. The molecule has 232 valence electrons. The van der Waals surface area contributed by atoms with Crippen LogP contribution >= 0.6 is 8.58 Å². The Morgan fingerprint density at radius 1 is 0.689 bits per heavy atom. The quantitative estimate of drug-likeness (QED) is 0.115. The minimum Gasteiger partial charge on any atom is -0.488 e. The van der Waals surface area contributed by atoms with Gasteiger partial charge in [0.2, 0.25) is 0 Å². The summed E-state index contributed by atoms with van der Waals surface area (Å²) in [7, 11) is 4.45. The van der Waals surface area contributed by atoms with E-state index >= 15 is 0 Å². The normalized spacial score (nSPS) is 12.7. The maximum Gasteiger partial charge on any atom is 0.127 e. The summed E-state index contributed by atoms with van der Waals surface area (Å²) in [5, 5.41) is 1.00. The van der Waals surface area contributed by atoms with Gasteiger partial charge in [-0.2, -0.15) is 0 Å². The van der Waals surface area contributed by atoms with Gasteiger partial charge >= 0.3 is 0 Å². The van der Waals surface area contributed by atoms with Crippen molar-refractivity contribution in [2.24, 2.45) is 0 Å². The van der Waals surface area contributed by atoms with Crippen LogP contribution in [0.2, 0.25) is 0 Å². The number of benzene rings is 5. The number of hydrogen-bond acceptors (Lipinski definition) is 2. The molecule has 0 saturated heterocycles. The Morgan fingerprint density at radius 2 is 1.29 bits per heavy atom. The first-order valence-electron chi connectivity index (χ1n) is 16.1. The smallest absolute Gasteiger partial charge is 0.127 e. The summed E-state index contributed by atoms with van der Waals surface area (Å²) in [4.78, 5) is 2.04. The van der Waals surface area contributed by atoms with Crippen molar-refractivity contribution in [2.45, 2.75) is 57.7 Å². The molecule has 5 rings (SSSR count). The zero-order valence-corrected chi connectivity index (χ0v) is 28.0. The molecule has 0 aliphatic carbocycles. The minimum atomic E-state index is -0.202. The lowest BCUT2D eigenvalue weighted by atomic mass is 9.85. The van der Waals surface area contributed by atoms with E-state index in [-0.39, 0.29) is 11.0 Å². The Labute approximate surface area is 271 Å². The van der Waals surface area contributed by atoms with Crippen molar-refractivity contribution >= 4 is 19.6 Å². The maximum atomic E-state index is 14.5. The highest BCUT2D eigenvalue weighted by Gasteiger charge is 2.35. The summed E-state index contributed by atoms with van der Waals surface area (Å²) in [6, 6.07) is 41.9. The van der Waals surface area contributed by atoms with Gasteiger partial charge in [-0.25, -0.2) is 4.39 Å². The van der Waals surface area contributed by atoms with Crippen LogP contribution in [0.4, 0.5) is 10.1 Å². The monoisotopic (exact) mass is 617 g/mol. The van der Waals surface area contributed by atoms with E-state index < -0.39 is 0 Å². The van der Waals surface area contributed by atoms with Gasteiger partial charge in [-0.05, 0) is 70.6 Å². The van der Waals surface area contributed by atoms with E-state index in [4.69, 9.17) is 4.74 Å². The minimum absolute atomic E-state index is 0.179. The van der Waals surface area contributed by atoms with Crippen LogP contribution in [0.1, 0.15) is 66.5 Å². The highest BCUT2D eigenvalue weighted by atomic mass is 31.1. The van der Waals surface area contributed by atoms with Gasteiger partial charge in [0.15, 0.2) is 0 Å². The molecule has 0 N–H and O–H groups in total. The zero-order valence-electron chi connectivity index (χ0n) is 27.0. The third-order valence-corrected chi connectivity index (χ3v) is 10.6. The van der Waals surface area contributed by atoms with E-state index in [2.05, 4.69) is 111 Å². The van der Waals surface area contributed by atoms with Crippen LogP contribution in [-0.2, 0) is 24.6 Å². The highest BCUT2D eigenvalue weighted by molar-refractivity contribution is 7.49. The predicted octanol–water partition coefficient (Wildman–Crippen LogP) is 10.1. The number of rotatable bonds is 14. The Morgan fingerprint density at radius 3 is 1.87 bits per heavy atom. The second-order valence-corrected chi connectivity index (χ2v) is 13.8. The summed E-state index contributed by atoms with van der Waals surface area (Å²) in [5.74, 6) is 0.794. The van der Waals surface area contributed by atoms with Crippen LogP contribution in [0, 0.1) is 5.82 Å². The molecule has 5 aromatic carbocycles. The molecule has 2 unspecified atom stereocenters. The number of ether oxygens (including phenoxy) is 1. The molecule has 0 spiro atoms. The van der Waals surface area contributed by atoms with Crippen molar-refractivity contribution in [3.05, 3.63) is 161 Å². The Kier molecular flexibility index (Phi) is 11.1. The third-order valence-electron chi connectivity index (χ3n) is 8.55. The lowest BCUT2D eigenvalue weighted by Crippen LogP contribution is -2.27. The standard InChI is InChI=1S/C41H45FNOP/c1-5-24-41(6-2,45-39-23-22-36(42)29-38(39)43(3)4)37-28-34(25-31-16-10-7-11-17-31)27-35(26-32-18-12-8-13-19-32)40(37)44-30-33-20-14-9-15-21-33/h7-23,27-29,45H,5-6,24-26,30H2,1-4H3. The Hall–Kier alpha value is -3.94. The molecule has 5 aromatic rings. The zero-order chi connectivity index (χ0) is 31.6. The molecule has 2 nitrogen and oxygen atoms in total. The molecule has 0 aliphatic rings. The van der Waals surface area contributed by atoms with Gasteiger partial charge in [0.1, 0.15) is 18.2 Å². The number of nitrogens with zero attached hydrogens (tertiary/aromatic N) is 1. The fourth-order valence-electron chi connectivity index (χ4n) is 6.28. The molecule has 0 amide bonds. The van der Waals surface area contributed by atoms with Crippen molar-refractivity contribution in [3.8, 4) is 5.75 Å². The summed E-state index contributed by atoms with van der Waals surface area (Å²) in [5.41, 5.74) is 8.43. The fourth-order valence-corrected chi connectivity index (χ4v) is 8.25. The van der Waals surface area contributed by atoms with E-state index in [9.17, 15) is 4.39 Å². The van der Waals surface area contributed by atoms with Gasteiger partial charge in [-0.3, -0.25) is 0 Å². The van der Waals surface area contributed by atoms with Crippen LogP contribution in [0.25, 0.3) is 0 Å². The Balaban J connectivity index is 1.71. The molecular formula is C41H45FNOP. The van der Waals surface area contributed by atoms with Crippen LogP contribution in [0.5, 0.6) is 5.75 Å². The predicted molar refractivity (Wildman–Crippen MR) is 191 cm³/mol. The summed E-state index contributed by atoms with van der Waals surface area (Å²) >= 11 is 0. The lowest BCUT2D eigenvalue weighted by Gasteiger charge is -2.37. The van der Waals surface area contributed by atoms with Gasteiger partial charge in [-0.15, -0.1) is 0 Å². The molecule has 0 saturated carbocycles. The van der Waals surface area contributed by atoms with Crippen LogP contribution in [0.3, 0.4) is 0 Å². The van der Waals surface area contributed by atoms with Gasteiger partial charge in [0, 0.05) is 36.9 Å². The Bertz CT molecular complexity index is 1660. The van der Waals surface area contributed by atoms with Crippen molar-refractivity contribution in [1.29, 1.82) is 0 Å². The highest BCUT2D eigenvalue weighted by Crippen LogP contribution is 2.53.